The van der Waals surface area contributed by atoms with Gasteiger partial charge in [-0.3, -0.25) is 9.45 Å². The largest absolute Gasteiger partial charge is 0.493 e. The molecule has 1 N–H and O–H groups in total. The Morgan fingerprint density at radius 1 is 0.906 bits per heavy atom. The smallest absolute Gasteiger partial charge is 0.296 e. The molecule has 32 heavy (non-hydrogen) atoms. The predicted octanol–water partition coefficient (Wildman–Crippen LogP) is 3.23. The summed E-state index contributed by atoms with van der Waals surface area (Å²) in [6.07, 6.45) is 1.68. The number of nitrogens with zero attached hydrogens (tertiary/aromatic N) is 2. The third-order valence-electron chi connectivity index (χ3n) is 5.68. The van der Waals surface area contributed by atoms with Crippen LogP contribution in [-0.2, 0) is 23.1 Å². The number of ether oxygens (including phenoxy) is 3. The van der Waals surface area contributed by atoms with Crippen molar-refractivity contribution in [2.45, 2.75) is 31.2 Å². The second-order valence-electron chi connectivity index (χ2n) is 7.82. The molecule has 0 unspecified atom stereocenters. The highest BCUT2D eigenvalue weighted by atomic mass is 32.2. The number of piperazine rings is 1. The van der Waals surface area contributed by atoms with Crippen LogP contribution < -0.4 is 19.1 Å². The molecule has 1 fully saturated rings. The van der Waals surface area contributed by atoms with Crippen LogP contribution in [0.15, 0.2) is 35.2 Å². The molecule has 1 aliphatic heterocycles. The van der Waals surface area contributed by atoms with Crippen molar-refractivity contribution in [3.8, 4) is 17.2 Å². The number of rotatable bonds is 9. The van der Waals surface area contributed by atoms with Gasteiger partial charge in [-0.05, 0) is 41.8 Å². The summed E-state index contributed by atoms with van der Waals surface area (Å²) in [5.41, 5.74) is 2.50. The van der Waals surface area contributed by atoms with Gasteiger partial charge in [0.05, 0.1) is 27.0 Å². The van der Waals surface area contributed by atoms with Crippen LogP contribution in [0.5, 0.6) is 17.2 Å². The Morgan fingerprint density at radius 3 is 2.03 bits per heavy atom. The molecule has 0 amide bonds. The molecule has 1 heterocycles. The topological polar surface area (TPSA) is 88.5 Å². The Bertz CT molecular complexity index is 1010. The summed E-state index contributed by atoms with van der Waals surface area (Å²) >= 11 is 0. The van der Waals surface area contributed by atoms with Gasteiger partial charge < -0.3 is 19.1 Å². The maximum atomic E-state index is 12.0. The number of hydrogen-bond acceptors (Lipinski definition) is 7. The summed E-state index contributed by atoms with van der Waals surface area (Å²) in [4.78, 5) is 4.29. The van der Waals surface area contributed by atoms with Crippen molar-refractivity contribution in [3.63, 3.8) is 0 Å². The minimum atomic E-state index is -4.30. The summed E-state index contributed by atoms with van der Waals surface area (Å²) in [6, 6.07) is 9.22. The van der Waals surface area contributed by atoms with E-state index in [1.807, 2.05) is 36.1 Å². The predicted molar refractivity (Wildman–Crippen MR) is 124 cm³/mol. The van der Waals surface area contributed by atoms with Gasteiger partial charge >= 0.3 is 0 Å². The zero-order chi connectivity index (χ0) is 23.3. The number of methoxy groups -OCH3 is 3. The van der Waals surface area contributed by atoms with Crippen LogP contribution in [0.4, 0.5) is 5.69 Å². The lowest BCUT2D eigenvalue weighted by atomic mass is 10.1. The van der Waals surface area contributed by atoms with Gasteiger partial charge in [0.15, 0.2) is 11.5 Å². The molecular formula is C23H32N2O6S. The molecule has 176 valence electrons. The van der Waals surface area contributed by atoms with Crippen molar-refractivity contribution in [1.82, 2.24) is 4.90 Å². The minimum Gasteiger partial charge on any atom is -0.493 e. The van der Waals surface area contributed by atoms with Gasteiger partial charge in [-0.1, -0.05) is 19.4 Å². The fourth-order valence-corrected chi connectivity index (χ4v) is 4.86. The minimum absolute atomic E-state index is 0.0125. The van der Waals surface area contributed by atoms with Crippen LogP contribution >= 0.6 is 0 Å². The molecule has 1 aliphatic rings. The van der Waals surface area contributed by atoms with E-state index in [2.05, 4.69) is 4.90 Å². The molecule has 0 atom stereocenters. The summed E-state index contributed by atoms with van der Waals surface area (Å²) in [5, 5.41) is 0. The quantitative estimate of drug-likeness (QED) is 0.566. The lowest BCUT2D eigenvalue weighted by Gasteiger charge is -2.37. The molecule has 0 radical (unpaired) electrons. The fraction of sp³-hybridized carbons (Fsp3) is 0.478. The van der Waals surface area contributed by atoms with Crippen molar-refractivity contribution in [1.29, 1.82) is 0 Å². The van der Waals surface area contributed by atoms with Crippen LogP contribution in [0, 0.1) is 0 Å². The number of benzene rings is 2. The van der Waals surface area contributed by atoms with E-state index < -0.39 is 10.1 Å². The first-order valence-electron chi connectivity index (χ1n) is 10.7. The standard InChI is InChI=1S/C23H32N2O6S/c1-5-6-17-7-8-19(22(15-17)32(26,27)28)25-11-9-24(10-12-25)16-18-13-20(29-2)23(31-4)21(14-18)30-3/h7-8,13-15H,5-6,9-12,16H2,1-4H3,(H,26,27,28). The summed E-state index contributed by atoms with van der Waals surface area (Å²) in [5.74, 6) is 1.80. The maximum Gasteiger partial charge on any atom is 0.296 e. The molecule has 0 spiro atoms. The van der Waals surface area contributed by atoms with Gasteiger partial charge in [0.2, 0.25) is 5.75 Å². The molecule has 3 rings (SSSR count). The summed E-state index contributed by atoms with van der Waals surface area (Å²) in [6.45, 7) is 5.54. The first kappa shape index (κ1) is 24.2. The highest BCUT2D eigenvalue weighted by Crippen LogP contribution is 2.38. The first-order valence-corrected chi connectivity index (χ1v) is 12.1. The normalized spacial score (nSPS) is 15.0. The van der Waals surface area contributed by atoms with E-state index in [1.165, 1.54) is 0 Å². The first-order chi connectivity index (χ1) is 15.3. The van der Waals surface area contributed by atoms with Crippen molar-refractivity contribution >= 4 is 15.8 Å². The molecule has 1 saturated heterocycles. The Morgan fingerprint density at radius 2 is 1.53 bits per heavy atom. The number of hydrogen-bond donors (Lipinski definition) is 1. The zero-order valence-electron chi connectivity index (χ0n) is 19.1. The van der Waals surface area contributed by atoms with Crippen LogP contribution in [0.1, 0.15) is 24.5 Å². The highest BCUT2D eigenvalue weighted by Gasteiger charge is 2.24. The van der Waals surface area contributed by atoms with Gasteiger partial charge in [0.1, 0.15) is 4.90 Å². The third-order valence-corrected chi connectivity index (χ3v) is 6.57. The van der Waals surface area contributed by atoms with Crippen LogP contribution in [0.2, 0.25) is 0 Å². The van der Waals surface area contributed by atoms with Crippen molar-refractivity contribution in [2.75, 3.05) is 52.4 Å². The zero-order valence-corrected chi connectivity index (χ0v) is 19.9. The van der Waals surface area contributed by atoms with Gasteiger partial charge in [-0.2, -0.15) is 8.42 Å². The van der Waals surface area contributed by atoms with E-state index in [1.54, 1.807) is 27.4 Å². The Labute approximate surface area is 190 Å². The molecular weight excluding hydrogens is 432 g/mol. The van der Waals surface area contributed by atoms with Crippen LogP contribution in [0.3, 0.4) is 0 Å². The second kappa shape index (κ2) is 10.4. The SMILES string of the molecule is CCCc1ccc(N2CCN(Cc3cc(OC)c(OC)c(OC)c3)CC2)c(S(=O)(=O)O)c1. The molecule has 9 heteroatoms. The average Bonchev–Trinajstić information content (AvgIpc) is 2.78. The molecule has 8 nitrogen and oxygen atoms in total. The molecule has 0 aliphatic carbocycles. The van der Waals surface area contributed by atoms with Crippen molar-refractivity contribution in [2.24, 2.45) is 0 Å². The Hall–Kier alpha value is -2.49. The molecule has 2 aromatic rings. The average molecular weight is 465 g/mol. The van der Waals surface area contributed by atoms with Crippen molar-refractivity contribution in [3.05, 3.63) is 41.5 Å². The lowest BCUT2D eigenvalue weighted by Crippen LogP contribution is -2.46. The second-order valence-corrected chi connectivity index (χ2v) is 9.21. The highest BCUT2D eigenvalue weighted by molar-refractivity contribution is 7.86. The van der Waals surface area contributed by atoms with Gasteiger partial charge in [0, 0.05) is 32.7 Å². The van der Waals surface area contributed by atoms with E-state index in [-0.39, 0.29) is 4.90 Å². The van der Waals surface area contributed by atoms with Gasteiger partial charge in [0.25, 0.3) is 10.1 Å². The van der Waals surface area contributed by atoms with Crippen molar-refractivity contribution < 1.29 is 27.2 Å². The van der Waals surface area contributed by atoms with Gasteiger partial charge in [-0.25, -0.2) is 0 Å². The molecule has 0 saturated carbocycles. The molecule has 2 aromatic carbocycles. The molecule has 0 aromatic heterocycles. The third kappa shape index (κ3) is 5.46. The van der Waals surface area contributed by atoms with E-state index in [4.69, 9.17) is 14.2 Å². The lowest BCUT2D eigenvalue weighted by molar-refractivity contribution is 0.248. The Kier molecular flexibility index (Phi) is 7.86. The van der Waals surface area contributed by atoms with Crippen LogP contribution in [0.25, 0.3) is 0 Å². The Balaban J connectivity index is 1.74. The molecule has 0 bridgehead atoms. The summed E-state index contributed by atoms with van der Waals surface area (Å²) < 4.78 is 50.1. The maximum absolute atomic E-state index is 12.0. The van der Waals surface area contributed by atoms with Crippen LogP contribution in [-0.4, -0.2) is 65.4 Å². The number of anilines is 1. The fourth-order valence-electron chi connectivity index (χ4n) is 4.10. The monoisotopic (exact) mass is 464 g/mol. The van der Waals surface area contributed by atoms with E-state index >= 15 is 0 Å². The van der Waals surface area contributed by atoms with E-state index in [9.17, 15) is 13.0 Å². The number of aryl methyl sites for hydroxylation is 1. The van der Waals surface area contributed by atoms with Gasteiger partial charge in [-0.15, -0.1) is 0 Å². The summed E-state index contributed by atoms with van der Waals surface area (Å²) in [7, 11) is 0.467. The van der Waals surface area contributed by atoms with E-state index in [0.29, 0.717) is 42.6 Å². The van der Waals surface area contributed by atoms with E-state index in [0.717, 1.165) is 37.1 Å².